The van der Waals surface area contributed by atoms with Crippen molar-refractivity contribution >= 4 is 5.97 Å². The van der Waals surface area contributed by atoms with Gasteiger partial charge in [0, 0.05) is 5.57 Å². The van der Waals surface area contributed by atoms with Crippen LogP contribution in [0.5, 0.6) is 0 Å². The van der Waals surface area contributed by atoms with Gasteiger partial charge >= 0.3 is 5.97 Å². The van der Waals surface area contributed by atoms with Gasteiger partial charge in [0.05, 0.1) is 0 Å². The molecule has 0 aromatic heterocycles. The number of hydrogen-bond acceptors (Lipinski definition) is 1. The predicted octanol–water partition coefficient (Wildman–Crippen LogP) is 3.91. The highest BCUT2D eigenvalue weighted by molar-refractivity contribution is 5.86. The largest absolute Gasteiger partial charge is 0.478 e. The molecule has 0 aliphatic heterocycles. The van der Waals surface area contributed by atoms with E-state index in [9.17, 15) is 4.79 Å². The number of aliphatic carboxylic acids is 1. The van der Waals surface area contributed by atoms with Crippen molar-refractivity contribution in [3.8, 4) is 0 Å². The van der Waals surface area contributed by atoms with E-state index < -0.39 is 5.97 Å². The Kier molecular flexibility index (Phi) is 6.14. The van der Waals surface area contributed by atoms with Crippen LogP contribution in [0.25, 0.3) is 0 Å². The van der Waals surface area contributed by atoms with Crippen molar-refractivity contribution in [1.29, 1.82) is 0 Å². The summed E-state index contributed by atoms with van der Waals surface area (Å²) >= 11 is 0. The summed E-state index contributed by atoms with van der Waals surface area (Å²) in [7, 11) is 0. The number of allylic oxidation sites excluding steroid dienone is 1. The second-order valence-corrected chi connectivity index (χ2v) is 4.40. The van der Waals surface area contributed by atoms with Gasteiger partial charge in [-0.05, 0) is 25.7 Å². The molecule has 0 saturated heterocycles. The van der Waals surface area contributed by atoms with Gasteiger partial charge in [0.1, 0.15) is 0 Å². The Morgan fingerprint density at radius 2 is 1.47 bits per heavy atom. The molecule has 0 fully saturated rings. The van der Waals surface area contributed by atoms with Crippen LogP contribution in [-0.4, -0.2) is 11.1 Å². The molecule has 86 valence electrons. The molecule has 0 aromatic rings. The number of carboxylic acid groups (broad SMARTS) is 1. The minimum Gasteiger partial charge on any atom is -0.478 e. The summed E-state index contributed by atoms with van der Waals surface area (Å²) in [5.41, 5.74) is 0.635. The Morgan fingerprint density at radius 1 is 0.933 bits per heavy atom. The summed E-state index contributed by atoms with van der Waals surface area (Å²) < 4.78 is 0. The van der Waals surface area contributed by atoms with Crippen molar-refractivity contribution in [2.24, 2.45) is 0 Å². The van der Waals surface area contributed by atoms with Gasteiger partial charge in [0.25, 0.3) is 0 Å². The third-order valence-corrected chi connectivity index (χ3v) is 3.07. The lowest BCUT2D eigenvalue weighted by atomic mass is 10.0. The maximum atomic E-state index is 10.9. The Hall–Kier alpha value is -0.790. The first-order valence-electron chi connectivity index (χ1n) is 6.23. The molecule has 1 N–H and O–H groups in total. The summed E-state index contributed by atoms with van der Waals surface area (Å²) in [5.74, 6) is -0.716. The zero-order chi connectivity index (χ0) is 10.9. The third kappa shape index (κ3) is 5.60. The minimum absolute atomic E-state index is 0.635. The predicted molar refractivity (Wildman–Crippen MR) is 61.9 cm³/mol. The SMILES string of the molecule is O=C(O)C1=CCCCCCCCCCC1. The fraction of sp³-hybridized carbons (Fsp3) is 0.769. The van der Waals surface area contributed by atoms with E-state index in [4.69, 9.17) is 5.11 Å². The lowest BCUT2D eigenvalue weighted by Gasteiger charge is -2.06. The molecule has 0 spiro atoms. The van der Waals surface area contributed by atoms with E-state index in [-0.39, 0.29) is 0 Å². The van der Waals surface area contributed by atoms with E-state index in [0.29, 0.717) is 5.57 Å². The zero-order valence-corrected chi connectivity index (χ0v) is 9.50. The van der Waals surface area contributed by atoms with E-state index in [1.54, 1.807) is 0 Å². The Labute approximate surface area is 92.4 Å². The first-order chi connectivity index (χ1) is 7.30. The van der Waals surface area contributed by atoms with Crippen LogP contribution in [0.2, 0.25) is 0 Å². The molecule has 0 saturated carbocycles. The highest BCUT2D eigenvalue weighted by Gasteiger charge is 2.06. The molecule has 1 rings (SSSR count). The van der Waals surface area contributed by atoms with Crippen molar-refractivity contribution in [2.75, 3.05) is 0 Å². The van der Waals surface area contributed by atoms with Crippen LogP contribution in [0.15, 0.2) is 11.6 Å². The minimum atomic E-state index is -0.716. The van der Waals surface area contributed by atoms with Crippen LogP contribution in [0.1, 0.15) is 64.2 Å². The fourth-order valence-corrected chi connectivity index (χ4v) is 2.09. The third-order valence-electron chi connectivity index (χ3n) is 3.07. The van der Waals surface area contributed by atoms with Crippen LogP contribution >= 0.6 is 0 Å². The summed E-state index contributed by atoms with van der Waals surface area (Å²) in [6, 6.07) is 0. The molecular formula is C13H22O2. The lowest BCUT2D eigenvalue weighted by Crippen LogP contribution is -2.01. The molecule has 0 heterocycles. The van der Waals surface area contributed by atoms with Crippen LogP contribution in [0.4, 0.5) is 0 Å². The first kappa shape index (κ1) is 12.3. The van der Waals surface area contributed by atoms with Gasteiger partial charge in [-0.2, -0.15) is 0 Å². The maximum Gasteiger partial charge on any atom is 0.331 e. The van der Waals surface area contributed by atoms with Crippen molar-refractivity contribution in [2.45, 2.75) is 64.2 Å². The Balaban J connectivity index is 2.42. The number of hydrogen-bond donors (Lipinski definition) is 1. The molecule has 0 radical (unpaired) electrons. The number of rotatable bonds is 1. The maximum absolute atomic E-state index is 10.9. The molecular weight excluding hydrogens is 188 g/mol. The second-order valence-electron chi connectivity index (χ2n) is 4.40. The van der Waals surface area contributed by atoms with Gasteiger partial charge in [-0.1, -0.05) is 44.6 Å². The van der Waals surface area contributed by atoms with Gasteiger partial charge < -0.3 is 5.11 Å². The average molecular weight is 210 g/mol. The molecule has 2 nitrogen and oxygen atoms in total. The van der Waals surface area contributed by atoms with Gasteiger partial charge in [0.15, 0.2) is 0 Å². The molecule has 0 aromatic carbocycles. The van der Waals surface area contributed by atoms with Gasteiger partial charge in [-0.15, -0.1) is 0 Å². The molecule has 1 aliphatic rings. The first-order valence-corrected chi connectivity index (χ1v) is 6.23. The monoisotopic (exact) mass is 210 g/mol. The fourth-order valence-electron chi connectivity index (χ4n) is 2.09. The van der Waals surface area contributed by atoms with Crippen LogP contribution < -0.4 is 0 Å². The van der Waals surface area contributed by atoms with Crippen LogP contribution in [0, 0.1) is 0 Å². The van der Waals surface area contributed by atoms with Gasteiger partial charge in [-0.25, -0.2) is 4.79 Å². The molecule has 0 bridgehead atoms. The average Bonchev–Trinajstić information content (AvgIpc) is 2.18. The normalized spacial score (nSPS) is 20.9. The quantitative estimate of drug-likeness (QED) is 0.712. The molecule has 2 heteroatoms. The van der Waals surface area contributed by atoms with Crippen molar-refractivity contribution in [1.82, 2.24) is 0 Å². The highest BCUT2D eigenvalue weighted by Crippen LogP contribution is 2.16. The van der Waals surface area contributed by atoms with E-state index >= 15 is 0 Å². The topological polar surface area (TPSA) is 37.3 Å². The smallest absolute Gasteiger partial charge is 0.331 e. The molecule has 0 unspecified atom stereocenters. The Morgan fingerprint density at radius 3 is 2.07 bits per heavy atom. The van der Waals surface area contributed by atoms with E-state index in [0.717, 1.165) is 25.7 Å². The summed E-state index contributed by atoms with van der Waals surface area (Å²) in [6.45, 7) is 0. The molecule has 15 heavy (non-hydrogen) atoms. The van der Waals surface area contributed by atoms with Crippen molar-refractivity contribution < 1.29 is 9.90 Å². The van der Waals surface area contributed by atoms with Crippen LogP contribution in [-0.2, 0) is 4.79 Å². The highest BCUT2D eigenvalue weighted by atomic mass is 16.4. The van der Waals surface area contributed by atoms with Gasteiger partial charge in [-0.3, -0.25) is 0 Å². The molecule has 0 atom stereocenters. The zero-order valence-electron chi connectivity index (χ0n) is 9.50. The second kappa shape index (κ2) is 7.49. The molecule has 0 amide bonds. The summed E-state index contributed by atoms with van der Waals surface area (Å²) in [6.07, 6.45) is 13.5. The lowest BCUT2D eigenvalue weighted by molar-refractivity contribution is -0.132. The van der Waals surface area contributed by atoms with Gasteiger partial charge in [0.2, 0.25) is 0 Å². The Bertz CT molecular complexity index is 219. The summed E-state index contributed by atoms with van der Waals surface area (Å²) in [5, 5.41) is 8.97. The summed E-state index contributed by atoms with van der Waals surface area (Å²) in [4.78, 5) is 10.9. The van der Waals surface area contributed by atoms with E-state index in [2.05, 4.69) is 0 Å². The number of carboxylic acids is 1. The standard InChI is InChI=1S/C13H22O2/c14-13(15)12-10-8-6-4-2-1-3-5-7-9-11-12/h10H,1-9,11H2,(H,14,15). The van der Waals surface area contributed by atoms with Crippen LogP contribution in [0.3, 0.4) is 0 Å². The number of carbonyl (C=O) groups is 1. The molecule has 1 aliphatic carbocycles. The van der Waals surface area contributed by atoms with E-state index in [1.807, 2.05) is 6.08 Å². The van der Waals surface area contributed by atoms with Crippen molar-refractivity contribution in [3.05, 3.63) is 11.6 Å². The van der Waals surface area contributed by atoms with E-state index in [1.165, 1.54) is 38.5 Å². The van der Waals surface area contributed by atoms with Crippen molar-refractivity contribution in [3.63, 3.8) is 0 Å².